The Morgan fingerprint density at radius 2 is 2.29 bits per heavy atom. The molecule has 4 heteroatoms. The summed E-state index contributed by atoms with van der Waals surface area (Å²) in [7, 11) is 0. The van der Waals surface area contributed by atoms with Gasteiger partial charge in [0.25, 0.3) is 0 Å². The molecule has 17 heavy (non-hydrogen) atoms. The van der Waals surface area contributed by atoms with Crippen molar-refractivity contribution in [3.05, 3.63) is 35.3 Å². The number of pyridine rings is 1. The van der Waals surface area contributed by atoms with E-state index in [0.717, 1.165) is 29.0 Å². The molecule has 0 saturated carbocycles. The van der Waals surface area contributed by atoms with Crippen LogP contribution in [-0.4, -0.2) is 17.9 Å². The second-order valence-corrected chi connectivity index (χ2v) is 4.63. The SMILES string of the molecule is CCCOc1cccnc1-c1ccc(C=O)s1. The number of thiophene rings is 1. The third-order valence-electron chi connectivity index (χ3n) is 2.21. The number of carbonyl (C=O) groups is 1. The Kier molecular flexibility index (Phi) is 3.88. The molecular formula is C13H13NO2S. The molecule has 0 unspecified atom stereocenters. The summed E-state index contributed by atoms with van der Waals surface area (Å²) in [6, 6.07) is 7.45. The molecule has 0 radical (unpaired) electrons. The number of hydrogen-bond acceptors (Lipinski definition) is 4. The van der Waals surface area contributed by atoms with E-state index in [9.17, 15) is 4.79 Å². The van der Waals surface area contributed by atoms with Crippen molar-refractivity contribution in [3.8, 4) is 16.3 Å². The predicted octanol–water partition coefficient (Wildman–Crippen LogP) is 3.41. The molecule has 0 spiro atoms. The number of aromatic nitrogens is 1. The summed E-state index contributed by atoms with van der Waals surface area (Å²) in [5.41, 5.74) is 0.805. The maximum Gasteiger partial charge on any atom is 0.160 e. The van der Waals surface area contributed by atoms with Gasteiger partial charge in [-0.2, -0.15) is 0 Å². The molecule has 2 aromatic rings. The summed E-state index contributed by atoms with van der Waals surface area (Å²) < 4.78 is 5.64. The predicted molar refractivity (Wildman–Crippen MR) is 68.7 cm³/mol. The molecule has 2 heterocycles. The highest BCUT2D eigenvalue weighted by Crippen LogP contribution is 2.32. The van der Waals surface area contributed by atoms with Gasteiger partial charge in [-0.1, -0.05) is 6.92 Å². The van der Waals surface area contributed by atoms with E-state index in [4.69, 9.17) is 4.74 Å². The Balaban J connectivity index is 2.33. The zero-order valence-electron chi connectivity index (χ0n) is 9.55. The fraction of sp³-hybridized carbons (Fsp3) is 0.231. The highest BCUT2D eigenvalue weighted by molar-refractivity contribution is 7.17. The van der Waals surface area contributed by atoms with E-state index in [1.54, 1.807) is 12.3 Å². The largest absolute Gasteiger partial charge is 0.491 e. The molecule has 0 aromatic carbocycles. The Morgan fingerprint density at radius 1 is 1.41 bits per heavy atom. The van der Waals surface area contributed by atoms with Gasteiger partial charge in [-0.3, -0.25) is 9.78 Å². The molecular weight excluding hydrogens is 234 g/mol. The maximum absolute atomic E-state index is 10.7. The lowest BCUT2D eigenvalue weighted by Gasteiger charge is -2.07. The number of carbonyl (C=O) groups excluding carboxylic acids is 1. The monoisotopic (exact) mass is 247 g/mol. The Hall–Kier alpha value is -1.68. The van der Waals surface area contributed by atoms with Crippen molar-refractivity contribution in [2.24, 2.45) is 0 Å². The second kappa shape index (κ2) is 5.59. The second-order valence-electron chi connectivity index (χ2n) is 3.52. The van der Waals surface area contributed by atoms with Gasteiger partial charge in [-0.25, -0.2) is 0 Å². The zero-order valence-corrected chi connectivity index (χ0v) is 10.4. The smallest absolute Gasteiger partial charge is 0.160 e. The van der Waals surface area contributed by atoms with Crippen LogP contribution in [0.3, 0.4) is 0 Å². The van der Waals surface area contributed by atoms with Gasteiger partial charge in [0, 0.05) is 6.20 Å². The van der Waals surface area contributed by atoms with Crippen LogP contribution >= 0.6 is 11.3 Å². The number of aldehydes is 1. The van der Waals surface area contributed by atoms with Crippen molar-refractivity contribution in [1.82, 2.24) is 4.98 Å². The molecule has 88 valence electrons. The number of hydrogen-bond donors (Lipinski definition) is 0. The Bertz CT molecular complexity index is 508. The summed E-state index contributed by atoms with van der Waals surface area (Å²) in [6.45, 7) is 2.73. The standard InChI is InChI=1S/C13H13NO2S/c1-2-8-16-11-4-3-7-14-13(11)12-6-5-10(9-15)17-12/h3-7,9H,2,8H2,1H3. The number of rotatable bonds is 5. The average Bonchev–Trinajstić information content (AvgIpc) is 2.85. The molecule has 0 aliphatic rings. The van der Waals surface area contributed by atoms with Crippen LogP contribution in [-0.2, 0) is 0 Å². The maximum atomic E-state index is 10.7. The quantitative estimate of drug-likeness (QED) is 0.760. The highest BCUT2D eigenvalue weighted by Gasteiger charge is 2.09. The summed E-state index contributed by atoms with van der Waals surface area (Å²) in [4.78, 5) is 16.6. The molecule has 0 amide bonds. The topological polar surface area (TPSA) is 39.2 Å². The molecule has 0 atom stereocenters. The van der Waals surface area contributed by atoms with Gasteiger partial charge in [0.15, 0.2) is 6.29 Å². The van der Waals surface area contributed by atoms with Crippen molar-refractivity contribution < 1.29 is 9.53 Å². The van der Waals surface area contributed by atoms with E-state index in [-0.39, 0.29) is 0 Å². The molecule has 0 fully saturated rings. The van der Waals surface area contributed by atoms with E-state index in [0.29, 0.717) is 11.5 Å². The molecule has 0 bridgehead atoms. The van der Waals surface area contributed by atoms with Crippen LogP contribution in [0, 0.1) is 0 Å². The van der Waals surface area contributed by atoms with Gasteiger partial charge >= 0.3 is 0 Å². The summed E-state index contributed by atoms with van der Waals surface area (Å²) in [6.07, 6.45) is 3.54. The van der Waals surface area contributed by atoms with Crippen molar-refractivity contribution >= 4 is 17.6 Å². The fourth-order valence-electron chi connectivity index (χ4n) is 1.45. The minimum absolute atomic E-state index is 0.671. The minimum atomic E-state index is 0.671. The zero-order chi connectivity index (χ0) is 12.1. The van der Waals surface area contributed by atoms with Crippen molar-refractivity contribution in [1.29, 1.82) is 0 Å². The van der Waals surface area contributed by atoms with Gasteiger partial charge in [0.05, 0.1) is 16.4 Å². The van der Waals surface area contributed by atoms with E-state index >= 15 is 0 Å². The summed E-state index contributed by atoms with van der Waals surface area (Å²) in [5, 5.41) is 0. The average molecular weight is 247 g/mol. The molecule has 3 nitrogen and oxygen atoms in total. The van der Waals surface area contributed by atoms with Crippen molar-refractivity contribution in [2.45, 2.75) is 13.3 Å². The van der Waals surface area contributed by atoms with Gasteiger partial charge in [-0.05, 0) is 30.7 Å². The van der Waals surface area contributed by atoms with Crippen LogP contribution in [0.5, 0.6) is 5.75 Å². The van der Waals surface area contributed by atoms with Gasteiger partial charge < -0.3 is 4.74 Å². The normalized spacial score (nSPS) is 10.2. The molecule has 2 rings (SSSR count). The molecule has 0 saturated heterocycles. The van der Waals surface area contributed by atoms with Crippen LogP contribution in [0.25, 0.3) is 10.6 Å². The van der Waals surface area contributed by atoms with Gasteiger partial charge in [0.1, 0.15) is 11.4 Å². The minimum Gasteiger partial charge on any atom is -0.491 e. The lowest BCUT2D eigenvalue weighted by Crippen LogP contribution is -1.97. The number of ether oxygens (including phenoxy) is 1. The molecule has 0 aliphatic heterocycles. The van der Waals surface area contributed by atoms with Gasteiger partial charge in [0.2, 0.25) is 0 Å². The third-order valence-corrected chi connectivity index (χ3v) is 3.23. The lowest BCUT2D eigenvalue weighted by molar-refractivity contribution is 0.112. The van der Waals surface area contributed by atoms with E-state index in [1.807, 2.05) is 18.2 Å². The van der Waals surface area contributed by atoms with Crippen molar-refractivity contribution in [3.63, 3.8) is 0 Å². The first kappa shape index (κ1) is 11.8. The van der Waals surface area contributed by atoms with Crippen LogP contribution in [0.2, 0.25) is 0 Å². The number of nitrogens with zero attached hydrogens (tertiary/aromatic N) is 1. The lowest BCUT2D eigenvalue weighted by atomic mass is 10.3. The first-order chi connectivity index (χ1) is 8.35. The van der Waals surface area contributed by atoms with Crippen molar-refractivity contribution in [2.75, 3.05) is 6.61 Å². The van der Waals surface area contributed by atoms with E-state index in [1.165, 1.54) is 11.3 Å². The van der Waals surface area contributed by atoms with E-state index < -0.39 is 0 Å². The Morgan fingerprint density at radius 3 is 3.00 bits per heavy atom. The van der Waals surface area contributed by atoms with Gasteiger partial charge in [-0.15, -0.1) is 11.3 Å². The van der Waals surface area contributed by atoms with Crippen LogP contribution in [0.15, 0.2) is 30.5 Å². The summed E-state index contributed by atoms with van der Waals surface area (Å²) in [5.74, 6) is 0.772. The summed E-state index contributed by atoms with van der Waals surface area (Å²) >= 11 is 1.42. The fourth-order valence-corrected chi connectivity index (χ4v) is 2.27. The first-order valence-electron chi connectivity index (χ1n) is 5.48. The van der Waals surface area contributed by atoms with Crippen LogP contribution in [0.1, 0.15) is 23.0 Å². The van der Waals surface area contributed by atoms with E-state index in [2.05, 4.69) is 11.9 Å². The van der Waals surface area contributed by atoms with Crippen LogP contribution in [0.4, 0.5) is 0 Å². The highest BCUT2D eigenvalue weighted by atomic mass is 32.1. The molecule has 0 N–H and O–H groups in total. The molecule has 0 aliphatic carbocycles. The Labute approximate surface area is 104 Å². The first-order valence-corrected chi connectivity index (χ1v) is 6.30. The molecule has 2 aromatic heterocycles. The van der Waals surface area contributed by atoms with Crippen LogP contribution < -0.4 is 4.74 Å². The third kappa shape index (κ3) is 2.71.